The second-order valence-electron chi connectivity index (χ2n) is 2.55. The van der Waals surface area contributed by atoms with Crippen molar-refractivity contribution in [3.63, 3.8) is 0 Å². The van der Waals surface area contributed by atoms with Crippen LogP contribution in [0.25, 0.3) is 0 Å². The Hall–Kier alpha value is -0.530. The summed E-state index contributed by atoms with van der Waals surface area (Å²) in [5.74, 6) is 0.640. The van der Waals surface area contributed by atoms with E-state index >= 15 is 0 Å². The molecule has 2 heteroatoms. The molecule has 0 fully saturated rings. The Bertz CT molecular complexity index is 99.1. The first-order chi connectivity index (χ1) is 4.20. The van der Waals surface area contributed by atoms with Gasteiger partial charge in [0, 0.05) is 0 Å². The first-order valence-electron chi connectivity index (χ1n) is 3.38. The SMILES string of the molecule is CCC(C)CC(C)=NO. The maximum absolute atomic E-state index is 8.27. The molecule has 0 amide bonds. The van der Waals surface area contributed by atoms with Crippen molar-refractivity contribution in [3.8, 4) is 0 Å². The molecule has 0 aliphatic heterocycles. The Morgan fingerprint density at radius 1 is 1.67 bits per heavy atom. The quantitative estimate of drug-likeness (QED) is 0.354. The molecule has 0 aromatic heterocycles. The van der Waals surface area contributed by atoms with Gasteiger partial charge in [0.05, 0.1) is 5.71 Å². The van der Waals surface area contributed by atoms with Crippen LogP contribution >= 0.6 is 0 Å². The second-order valence-corrected chi connectivity index (χ2v) is 2.55. The molecule has 0 bridgehead atoms. The van der Waals surface area contributed by atoms with E-state index < -0.39 is 0 Å². The molecule has 0 aromatic rings. The fraction of sp³-hybridized carbons (Fsp3) is 0.857. The molecule has 0 aromatic carbocycles. The van der Waals surface area contributed by atoms with Crippen LogP contribution in [0.5, 0.6) is 0 Å². The van der Waals surface area contributed by atoms with E-state index in [1.54, 1.807) is 0 Å². The van der Waals surface area contributed by atoms with Gasteiger partial charge in [-0.15, -0.1) is 0 Å². The van der Waals surface area contributed by atoms with E-state index in [4.69, 9.17) is 5.21 Å². The van der Waals surface area contributed by atoms with Crippen LogP contribution in [0.3, 0.4) is 0 Å². The van der Waals surface area contributed by atoms with E-state index in [-0.39, 0.29) is 0 Å². The molecular weight excluding hydrogens is 114 g/mol. The van der Waals surface area contributed by atoms with Crippen LogP contribution in [0.15, 0.2) is 5.16 Å². The first-order valence-corrected chi connectivity index (χ1v) is 3.38. The van der Waals surface area contributed by atoms with Gasteiger partial charge in [-0.1, -0.05) is 25.4 Å². The van der Waals surface area contributed by atoms with Gasteiger partial charge in [-0.25, -0.2) is 0 Å². The Balaban J connectivity index is 3.47. The van der Waals surface area contributed by atoms with Gasteiger partial charge in [0.1, 0.15) is 0 Å². The summed E-state index contributed by atoms with van der Waals surface area (Å²) in [4.78, 5) is 0. The fourth-order valence-corrected chi connectivity index (χ4v) is 0.689. The molecule has 0 saturated heterocycles. The lowest BCUT2D eigenvalue weighted by atomic mass is 10.0. The lowest BCUT2D eigenvalue weighted by Crippen LogP contribution is -2.00. The predicted molar refractivity (Wildman–Crippen MR) is 39.0 cm³/mol. The topological polar surface area (TPSA) is 32.6 Å². The van der Waals surface area contributed by atoms with Gasteiger partial charge in [0.25, 0.3) is 0 Å². The van der Waals surface area contributed by atoms with Gasteiger partial charge in [0.2, 0.25) is 0 Å². The first kappa shape index (κ1) is 8.47. The van der Waals surface area contributed by atoms with E-state index in [1.165, 1.54) is 0 Å². The van der Waals surface area contributed by atoms with E-state index in [0.29, 0.717) is 5.92 Å². The van der Waals surface area contributed by atoms with E-state index in [9.17, 15) is 0 Å². The molecule has 1 atom stereocenters. The van der Waals surface area contributed by atoms with Crippen LogP contribution in [-0.2, 0) is 0 Å². The second kappa shape index (κ2) is 4.36. The molecule has 2 nitrogen and oxygen atoms in total. The highest BCUT2D eigenvalue weighted by Crippen LogP contribution is 2.06. The molecule has 1 unspecified atom stereocenters. The van der Waals surface area contributed by atoms with Gasteiger partial charge >= 0.3 is 0 Å². The van der Waals surface area contributed by atoms with Gasteiger partial charge in [-0.3, -0.25) is 0 Å². The Kier molecular flexibility index (Phi) is 4.10. The van der Waals surface area contributed by atoms with Crippen molar-refractivity contribution >= 4 is 5.71 Å². The van der Waals surface area contributed by atoms with Crippen LogP contribution in [0.1, 0.15) is 33.6 Å². The van der Waals surface area contributed by atoms with Crippen LogP contribution < -0.4 is 0 Å². The van der Waals surface area contributed by atoms with Crippen molar-refractivity contribution < 1.29 is 5.21 Å². The average Bonchev–Trinajstić information content (AvgIpc) is 1.87. The fourth-order valence-electron chi connectivity index (χ4n) is 0.689. The molecule has 0 heterocycles. The summed E-state index contributed by atoms with van der Waals surface area (Å²) in [7, 11) is 0. The van der Waals surface area contributed by atoms with Crippen molar-refractivity contribution in [1.29, 1.82) is 0 Å². The van der Waals surface area contributed by atoms with Crippen LogP contribution in [0, 0.1) is 5.92 Å². The maximum atomic E-state index is 8.27. The van der Waals surface area contributed by atoms with Gasteiger partial charge in [0.15, 0.2) is 0 Å². The lowest BCUT2D eigenvalue weighted by molar-refractivity contribution is 0.316. The summed E-state index contributed by atoms with van der Waals surface area (Å²) in [5.41, 5.74) is 0.823. The third kappa shape index (κ3) is 4.01. The minimum atomic E-state index is 0.640. The van der Waals surface area contributed by atoms with E-state index in [2.05, 4.69) is 19.0 Å². The molecule has 9 heavy (non-hydrogen) atoms. The molecule has 0 spiro atoms. The summed E-state index contributed by atoms with van der Waals surface area (Å²) >= 11 is 0. The summed E-state index contributed by atoms with van der Waals surface area (Å²) in [6.45, 7) is 6.12. The van der Waals surface area contributed by atoms with Gasteiger partial charge in [-0.2, -0.15) is 0 Å². The Morgan fingerprint density at radius 3 is 2.56 bits per heavy atom. The van der Waals surface area contributed by atoms with Gasteiger partial charge < -0.3 is 5.21 Å². The Labute approximate surface area is 56.6 Å². The Morgan fingerprint density at radius 2 is 2.22 bits per heavy atom. The normalized spacial score (nSPS) is 15.7. The minimum Gasteiger partial charge on any atom is -0.411 e. The zero-order chi connectivity index (χ0) is 7.28. The molecule has 0 rings (SSSR count). The molecule has 0 aliphatic carbocycles. The standard InChI is InChI=1S/C7H15NO/c1-4-6(2)5-7(3)8-9/h6,9H,4-5H2,1-3H3. The molecule has 0 saturated carbocycles. The molecule has 0 radical (unpaired) electrons. The van der Waals surface area contributed by atoms with Crippen LogP contribution in [0.4, 0.5) is 0 Å². The summed E-state index contributed by atoms with van der Waals surface area (Å²) < 4.78 is 0. The summed E-state index contributed by atoms with van der Waals surface area (Å²) in [6, 6.07) is 0. The summed E-state index contributed by atoms with van der Waals surface area (Å²) in [5, 5.41) is 11.4. The van der Waals surface area contributed by atoms with E-state index in [1.807, 2.05) is 6.92 Å². The smallest absolute Gasteiger partial charge is 0.0542 e. The number of rotatable bonds is 3. The maximum Gasteiger partial charge on any atom is 0.0542 e. The number of nitrogens with zero attached hydrogens (tertiary/aromatic N) is 1. The third-order valence-corrected chi connectivity index (χ3v) is 1.51. The molecular formula is C7H15NO. The third-order valence-electron chi connectivity index (χ3n) is 1.51. The van der Waals surface area contributed by atoms with Gasteiger partial charge in [-0.05, 0) is 19.3 Å². The van der Waals surface area contributed by atoms with E-state index in [0.717, 1.165) is 18.6 Å². The number of hydrogen-bond donors (Lipinski definition) is 1. The van der Waals surface area contributed by atoms with Crippen LogP contribution in [-0.4, -0.2) is 10.9 Å². The van der Waals surface area contributed by atoms with Crippen molar-refractivity contribution in [3.05, 3.63) is 0 Å². The van der Waals surface area contributed by atoms with Crippen molar-refractivity contribution in [2.24, 2.45) is 11.1 Å². The largest absolute Gasteiger partial charge is 0.411 e. The highest BCUT2D eigenvalue weighted by atomic mass is 16.4. The van der Waals surface area contributed by atoms with Crippen molar-refractivity contribution in [2.45, 2.75) is 33.6 Å². The molecule has 1 N–H and O–H groups in total. The van der Waals surface area contributed by atoms with Crippen molar-refractivity contribution in [1.82, 2.24) is 0 Å². The minimum absolute atomic E-state index is 0.640. The summed E-state index contributed by atoms with van der Waals surface area (Å²) in [6.07, 6.45) is 2.06. The molecule has 54 valence electrons. The monoisotopic (exact) mass is 129 g/mol. The predicted octanol–water partition coefficient (Wildman–Crippen LogP) is 2.27. The zero-order valence-corrected chi connectivity index (χ0v) is 6.39. The number of hydrogen-bond acceptors (Lipinski definition) is 2. The van der Waals surface area contributed by atoms with Crippen LogP contribution in [0.2, 0.25) is 0 Å². The van der Waals surface area contributed by atoms with Crippen molar-refractivity contribution in [2.75, 3.05) is 0 Å². The molecule has 0 aliphatic rings. The lowest BCUT2D eigenvalue weighted by Gasteiger charge is -2.04. The average molecular weight is 129 g/mol. The zero-order valence-electron chi connectivity index (χ0n) is 6.39. The number of oxime groups is 1. The highest BCUT2D eigenvalue weighted by molar-refractivity contribution is 5.81. The highest BCUT2D eigenvalue weighted by Gasteiger charge is 1.99.